The smallest absolute Gasteiger partial charge is 0.410 e. The summed E-state index contributed by atoms with van der Waals surface area (Å²) in [5.41, 5.74) is 2.01. The first-order valence-corrected chi connectivity index (χ1v) is 14.3. The normalized spacial score (nSPS) is 19.1. The van der Waals surface area contributed by atoms with Crippen molar-refractivity contribution < 1.29 is 17.9 Å². The third-order valence-corrected chi connectivity index (χ3v) is 9.15. The Kier molecular flexibility index (Phi) is 6.45. The molecule has 0 radical (unpaired) electrons. The molecule has 2 aliphatic rings. The Balaban J connectivity index is 1.27. The van der Waals surface area contributed by atoms with Crippen LogP contribution >= 0.6 is 0 Å². The Labute approximate surface area is 226 Å². The van der Waals surface area contributed by atoms with E-state index in [0.717, 1.165) is 22.4 Å². The van der Waals surface area contributed by atoms with E-state index in [0.29, 0.717) is 35.8 Å². The number of anilines is 1. The van der Waals surface area contributed by atoms with E-state index in [-0.39, 0.29) is 35.2 Å². The highest BCUT2D eigenvalue weighted by Gasteiger charge is 2.44. The van der Waals surface area contributed by atoms with Crippen molar-refractivity contribution in [3.63, 3.8) is 0 Å². The van der Waals surface area contributed by atoms with Crippen LogP contribution in [-0.2, 0) is 21.4 Å². The molecule has 6 rings (SSSR count). The molecule has 39 heavy (non-hydrogen) atoms. The second-order valence-electron chi connectivity index (χ2n) is 9.99. The van der Waals surface area contributed by atoms with Crippen LogP contribution < -0.4 is 5.32 Å². The van der Waals surface area contributed by atoms with Gasteiger partial charge in [0.25, 0.3) is 10.0 Å². The number of amides is 1. The fraction of sp³-hybridized carbons (Fsp3) is 0.276. The first-order valence-electron chi connectivity index (χ1n) is 12.9. The van der Waals surface area contributed by atoms with Gasteiger partial charge in [-0.2, -0.15) is 0 Å². The molecule has 0 spiro atoms. The van der Waals surface area contributed by atoms with Gasteiger partial charge >= 0.3 is 6.09 Å². The van der Waals surface area contributed by atoms with Gasteiger partial charge in [-0.1, -0.05) is 48.5 Å². The fourth-order valence-corrected chi connectivity index (χ4v) is 6.64. The standard InChI is InChI=1S/C29H27N5O4S/c1-30-25-16-31-28-23(14-15-34(28)39(36,37)22-10-6-3-7-11-22)27(25)32-26-18-33(17-24(26)21-12-13-21)29(35)38-19-20-8-4-2-5-9-20/h2-11,14-16,21,24,26H,12-13,17-19H2,(H,31,32)/t24-,26-/m0/s1. The Bertz CT molecular complexity index is 1660. The van der Waals surface area contributed by atoms with E-state index in [9.17, 15) is 13.2 Å². The van der Waals surface area contributed by atoms with E-state index in [1.807, 2.05) is 30.3 Å². The molecular weight excluding hydrogens is 514 g/mol. The molecule has 10 heteroatoms. The van der Waals surface area contributed by atoms with Gasteiger partial charge in [-0.25, -0.2) is 27.0 Å². The van der Waals surface area contributed by atoms with Crippen LogP contribution in [0.2, 0.25) is 0 Å². The summed E-state index contributed by atoms with van der Waals surface area (Å²) in [6, 6.07) is 19.3. The zero-order valence-electron chi connectivity index (χ0n) is 21.1. The number of ether oxygens (including phenoxy) is 1. The summed E-state index contributed by atoms with van der Waals surface area (Å²) < 4.78 is 33.4. The third kappa shape index (κ3) is 4.81. The topological polar surface area (TPSA) is 97.9 Å². The van der Waals surface area contributed by atoms with E-state index in [1.54, 1.807) is 29.2 Å². The number of nitrogens with one attached hydrogen (secondary N) is 1. The molecule has 3 heterocycles. The Morgan fingerprint density at radius 2 is 1.77 bits per heavy atom. The molecule has 0 bridgehead atoms. The van der Waals surface area contributed by atoms with E-state index in [2.05, 4.69) is 15.1 Å². The van der Waals surface area contributed by atoms with Gasteiger partial charge in [0, 0.05) is 42.8 Å². The van der Waals surface area contributed by atoms with Gasteiger partial charge in [0.05, 0.1) is 17.2 Å². The maximum Gasteiger partial charge on any atom is 0.410 e. The lowest BCUT2D eigenvalue weighted by Gasteiger charge is -2.22. The summed E-state index contributed by atoms with van der Waals surface area (Å²) in [6.07, 6.45) is 4.71. The molecular formula is C29H27N5O4S. The van der Waals surface area contributed by atoms with Gasteiger partial charge < -0.3 is 15.0 Å². The van der Waals surface area contributed by atoms with E-state index < -0.39 is 10.0 Å². The van der Waals surface area contributed by atoms with Crippen molar-refractivity contribution in [2.75, 3.05) is 18.4 Å². The van der Waals surface area contributed by atoms with E-state index in [4.69, 9.17) is 11.3 Å². The Morgan fingerprint density at radius 1 is 1.05 bits per heavy atom. The summed E-state index contributed by atoms with van der Waals surface area (Å²) >= 11 is 0. The van der Waals surface area contributed by atoms with Gasteiger partial charge in [-0.3, -0.25) is 0 Å². The van der Waals surface area contributed by atoms with E-state index >= 15 is 0 Å². The number of pyridine rings is 1. The Morgan fingerprint density at radius 3 is 2.46 bits per heavy atom. The Hall–Kier alpha value is -4.36. The highest BCUT2D eigenvalue weighted by molar-refractivity contribution is 7.90. The maximum atomic E-state index is 13.3. The zero-order chi connectivity index (χ0) is 27.0. The van der Waals surface area contributed by atoms with Crippen molar-refractivity contribution in [3.8, 4) is 0 Å². The van der Waals surface area contributed by atoms with Crippen molar-refractivity contribution in [1.29, 1.82) is 0 Å². The van der Waals surface area contributed by atoms with Gasteiger partial charge in [0.15, 0.2) is 5.65 Å². The molecule has 1 amide bonds. The molecule has 2 atom stereocenters. The van der Waals surface area contributed by atoms with Crippen LogP contribution in [0.15, 0.2) is 84.0 Å². The molecule has 4 aromatic rings. The van der Waals surface area contributed by atoms with Crippen LogP contribution in [0.25, 0.3) is 15.9 Å². The monoisotopic (exact) mass is 541 g/mol. The summed E-state index contributed by atoms with van der Waals surface area (Å²) in [5, 5.41) is 4.07. The molecule has 2 aromatic heterocycles. The molecule has 198 valence electrons. The van der Waals surface area contributed by atoms with Crippen LogP contribution in [0.4, 0.5) is 16.2 Å². The SMILES string of the molecule is [C-]#[N+]c1cnc2c(ccn2S(=O)(=O)c2ccccc2)c1N[C@H]1CN(C(=O)OCc2ccccc2)C[C@H]1C1CC1. The molecule has 1 saturated heterocycles. The third-order valence-electron chi connectivity index (χ3n) is 7.47. The molecule has 1 N–H and O–H groups in total. The minimum atomic E-state index is -3.87. The van der Waals surface area contributed by atoms with Crippen molar-refractivity contribution in [2.24, 2.45) is 11.8 Å². The number of aromatic nitrogens is 2. The summed E-state index contributed by atoms with van der Waals surface area (Å²) in [4.78, 5) is 22.8. The number of benzene rings is 2. The molecule has 2 fully saturated rings. The van der Waals surface area contributed by atoms with Crippen LogP contribution in [0, 0.1) is 18.4 Å². The van der Waals surface area contributed by atoms with Crippen molar-refractivity contribution in [2.45, 2.75) is 30.4 Å². The van der Waals surface area contributed by atoms with Crippen molar-refractivity contribution in [1.82, 2.24) is 13.9 Å². The van der Waals surface area contributed by atoms with Crippen molar-refractivity contribution >= 4 is 38.5 Å². The summed E-state index contributed by atoms with van der Waals surface area (Å²) in [5.74, 6) is 0.692. The fourth-order valence-electron chi connectivity index (χ4n) is 5.32. The number of fused-ring (bicyclic) bond motifs is 1. The van der Waals surface area contributed by atoms with Crippen LogP contribution in [0.3, 0.4) is 0 Å². The van der Waals surface area contributed by atoms with Crippen LogP contribution in [0.1, 0.15) is 18.4 Å². The lowest BCUT2D eigenvalue weighted by atomic mass is 9.97. The second kappa shape index (κ2) is 10.1. The quantitative estimate of drug-likeness (QED) is 0.320. The van der Waals surface area contributed by atoms with Gasteiger partial charge in [-0.15, -0.1) is 0 Å². The number of hydrogen-bond donors (Lipinski definition) is 1. The number of carbonyl (C=O) groups is 1. The highest BCUT2D eigenvalue weighted by atomic mass is 32.2. The molecule has 1 saturated carbocycles. The van der Waals surface area contributed by atoms with Crippen LogP contribution in [0.5, 0.6) is 0 Å². The first-order chi connectivity index (χ1) is 19.0. The van der Waals surface area contributed by atoms with E-state index in [1.165, 1.54) is 24.5 Å². The number of hydrogen-bond acceptors (Lipinski definition) is 6. The molecule has 0 unspecified atom stereocenters. The maximum absolute atomic E-state index is 13.3. The molecule has 1 aliphatic carbocycles. The number of likely N-dealkylation sites (tertiary alicyclic amines) is 1. The molecule has 1 aliphatic heterocycles. The predicted octanol–water partition coefficient (Wildman–Crippen LogP) is 5.28. The predicted molar refractivity (Wildman–Crippen MR) is 147 cm³/mol. The average Bonchev–Trinajstić information content (AvgIpc) is 3.57. The minimum absolute atomic E-state index is 0.109. The lowest BCUT2D eigenvalue weighted by Crippen LogP contribution is -2.32. The van der Waals surface area contributed by atoms with Crippen LogP contribution in [-0.4, -0.2) is 47.5 Å². The van der Waals surface area contributed by atoms with Crippen molar-refractivity contribution in [3.05, 3.63) is 96.1 Å². The van der Waals surface area contributed by atoms with Gasteiger partial charge in [0.1, 0.15) is 6.61 Å². The number of rotatable bonds is 7. The van der Waals surface area contributed by atoms with Gasteiger partial charge in [-0.05, 0) is 42.5 Å². The largest absolute Gasteiger partial charge is 0.445 e. The second-order valence-corrected chi connectivity index (χ2v) is 11.8. The summed E-state index contributed by atoms with van der Waals surface area (Å²) in [6.45, 7) is 8.93. The minimum Gasteiger partial charge on any atom is -0.445 e. The molecule has 2 aromatic carbocycles. The average molecular weight is 542 g/mol. The zero-order valence-corrected chi connectivity index (χ0v) is 21.9. The lowest BCUT2D eigenvalue weighted by molar-refractivity contribution is 0.102. The first kappa shape index (κ1) is 24.9. The van der Waals surface area contributed by atoms with Gasteiger partial charge in [0.2, 0.25) is 5.69 Å². The number of nitrogens with zero attached hydrogens (tertiary/aromatic N) is 4. The number of carbonyl (C=O) groups excluding carboxylic acids is 1. The molecule has 9 nitrogen and oxygen atoms in total. The summed E-state index contributed by atoms with van der Waals surface area (Å²) in [7, 11) is -3.87. The highest BCUT2D eigenvalue weighted by Crippen LogP contribution is 2.44.